The molecule has 0 amide bonds. The Labute approximate surface area is 55.8 Å². The first-order valence-corrected chi connectivity index (χ1v) is 3.37. The summed E-state index contributed by atoms with van der Waals surface area (Å²) in [5.74, 6) is 0. The zero-order valence-corrected chi connectivity index (χ0v) is 5.55. The van der Waals surface area contributed by atoms with Gasteiger partial charge in [0, 0.05) is 0 Å². The van der Waals surface area contributed by atoms with Gasteiger partial charge in [0.05, 0.1) is 6.04 Å². The van der Waals surface area contributed by atoms with E-state index in [1.165, 1.54) is 12.8 Å². The maximum Gasteiger partial charge on any atom is 0.137 e. The van der Waals surface area contributed by atoms with E-state index < -0.39 is 0 Å². The standard InChI is InChI=1S/C7H12NO/c1-7(6-9)8-4-2-3-5-8/h6-7H,1-5H2. The van der Waals surface area contributed by atoms with E-state index in [2.05, 4.69) is 11.8 Å². The molecular weight excluding hydrogens is 114 g/mol. The van der Waals surface area contributed by atoms with Crippen molar-refractivity contribution in [3.63, 3.8) is 0 Å². The summed E-state index contributed by atoms with van der Waals surface area (Å²) in [6.07, 6.45) is 3.35. The van der Waals surface area contributed by atoms with E-state index >= 15 is 0 Å². The van der Waals surface area contributed by atoms with Crippen LogP contribution < -0.4 is 0 Å². The molecule has 0 saturated carbocycles. The summed E-state index contributed by atoms with van der Waals surface area (Å²) >= 11 is 0. The molecule has 1 rings (SSSR count). The highest BCUT2D eigenvalue weighted by molar-refractivity contribution is 5.58. The summed E-state index contributed by atoms with van der Waals surface area (Å²) in [6, 6.07) is -0.104. The topological polar surface area (TPSA) is 20.3 Å². The van der Waals surface area contributed by atoms with Gasteiger partial charge < -0.3 is 4.79 Å². The van der Waals surface area contributed by atoms with Gasteiger partial charge in [0.15, 0.2) is 0 Å². The van der Waals surface area contributed by atoms with Crippen LogP contribution in [0.2, 0.25) is 0 Å². The second-order valence-electron chi connectivity index (χ2n) is 2.45. The monoisotopic (exact) mass is 126 g/mol. The number of hydrogen-bond acceptors (Lipinski definition) is 2. The number of likely N-dealkylation sites (tertiary alicyclic amines) is 1. The highest BCUT2D eigenvalue weighted by atomic mass is 16.1. The summed E-state index contributed by atoms with van der Waals surface area (Å²) in [4.78, 5) is 12.3. The van der Waals surface area contributed by atoms with E-state index in [-0.39, 0.29) is 6.04 Å². The normalized spacial score (nSPS) is 24.1. The van der Waals surface area contributed by atoms with Crippen LogP contribution >= 0.6 is 0 Å². The number of carbonyl (C=O) groups is 1. The predicted octanol–water partition coefficient (Wildman–Crippen LogP) is 0.484. The Hall–Kier alpha value is -0.370. The molecule has 0 aliphatic carbocycles. The minimum atomic E-state index is -0.104. The Kier molecular flexibility index (Phi) is 2.22. The lowest BCUT2D eigenvalue weighted by Crippen LogP contribution is -2.31. The van der Waals surface area contributed by atoms with Crippen molar-refractivity contribution in [2.75, 3.05) is 13.1 Å². The molecule has 0 aromatic heterocycles. The largest absolute Gasteiger partial charge is 0.302 e. The molecule has 1 radical (unpaired) electrons. The molecule has 1 heterocycles. The average Bonchev–Trinajstić information content (AvgIpc) is 2.37. The van der Waals surface area contributed by atoms with Crippen LogP contribution in [-0.2, 0) is 4.79 Å². The molecule has 9 heavy (non-hydrogen) atoms. The van der Waals surface area contributed by atoms with Crippen LogP contribution in [-0.4, -0.2) is 30.3 Å². The molecule has 1 fully saturated rings. The smallest absolute Gasteiger partial charge is 0.137 e. The van der Waals surface area contributed by atoms with Crippen molar-refractivity contribution < 1.29 is 4.79 Å². The van der Waals surface area contributed by atoms with Crippen LogP contribution in [0.4, 0.5) is 0 Å². The first kappa shape index (κ1) is 6.75. The van der Waals surface area contributed by atoms with Crippen LogP contribution in [0, 0.1) is 6.92 Å². The molecule has 1 saturated heterocycles. The summed E-state index contributed by atoms with van der Waals surface area (Å²) in [5.41, 5.74) is 0. The maximum atomic E-state index is 10.2. The first-order chi connectivity index (χ1) is 4.34. The molecule has 2 nitrogen and oxygen atoms in total. The Morgan fingerprint density at radius 2 is 2.00 bits per heavy atom. The third kappa shape index (κ3) is 1.52. The molecule has 2 heteroatoms. The van der Waals surface area contributed by atoms with Gasteiger partial charge in [0.1, 0.15) is 6.29 Å². The van der Waals surface area contributed by atoms with E-state index in [4.69, 9.17) is 0 Å². The lowest BCUT2D eigenvalue weighted by molar-refractivity contribution is -0.110. The molecule has 51 valence electrons. The molecule has 0 spiro atoms. The zero-order chi connectivity index (χ0) is 6.69. The second kappa shape index (κ2) is 2.97. The second-order valence-corrected chi connectivity index (χ2v) is 2.45. The van der Waals surface area contributed by atoms with E-state index in [9.17, 15) is 4.79 Å². The van der Waals surface area contributed by atoms with Gasteiger partial charge in [-0.25, -0.2) is 0 Å². The number of hydrogen-bond donors (Lipinski definition) is 0. The van der Waals surface area contributed by atoms with Crippen LogP contribution in [0.15, 0.2) is 0 Å². The van der Waals surface area contributed by atoms with Crippen molar-refractivity contribution in [2.45, 2.75) is 18.9 Å². The maximum absolute atomic E-state index is 10.2. The zero-order valence-electron chi connectivity index (χ0n) is 5.55. The van der Waals surface area contributed by atoms with Crippen molar-refractivity contribution >= 4 is 6.29 Å². The van der Waals surface area contributed by atoms with E-state index in [0.717, 1.165) is 19.4 Å². The van der Waals surface area contributed by atoms with Crippen molar-refractivity contribution in [1.29, 1.82) is 0 Å². The van der Waals surface area contributed by atoms with Gasteiger partial charge in [-0.15, -0.1) is 0 Å². The molecule has 0 aromatic carbocycles. The minimum absolute atomic E-state index is 0.104. The molecule has 0 bridgehead atoms. The fourth-order valence-electron chi connectivity index (χ4n) is 1.16. The van der Waals surface area contributed by atoms with Gasteiger partial charge in [0.2, 0.25) is 0 Å². The SMILES string of the molecule is [CH2]C(C=O)N1CCCC1. The Bertz CT molecular complexity index is 97.1. The Morgan fingerprint density at radius 3 is 2.44 bits per heavy atom. The van der Waals surface area contributed by atoms with Crippen LogP contribution in [0.3, 0.4) is 0 Å². The van der Waals surface area contributed by atoms with Crippen LogP contribution in [0.5, 0.6) is 0 Å². The van der Waals surface area contributed by atoms with Gasteiger partial charge in [-0.2, -0.15) is 0 Å². The molecule has 1 aliphatic rings. The third-order valence-electron chi connectivity index (χ3n) is 1.77. The van der Waals surface area contributed by atoms with Crippen LogP contribution in [0.25, 0.3) is 0 Å². The van der Waals surface area contributed by atoms with Crippen molar-refractivity contribution in [3.8, 4) is 0 Å². The molecule has 1 aliphatic heterocycles. The van der Waals surface area contributed by atoms with Gasteiger partial charge in [0.25, 0.3) is 0 Å². The lowest BCUT2D eigenvalue weighted by atomic mass is 10.3. The Balaban J connectivity index is 2.32. The molecular formula is C7H12NO. The number of carbonyl (C=O) groups excluding carboxylic acids is 1. The summed E-state index contributed by atoms with van der Waals surface area (Å²) in [5, 5.41) is 0. The highest BCUT2D eigenvalue weighted by Crippen LogP contribution is 2.09. The lowest BCUT2D eigenvalue weighted by Gasteiger charge is -2.16. The highest BCUT2D eigenvalue weighted by Gasteiger charge is 2.16. The van der Waals surface area contributed by atoms with Crippen molar-refractivity contribution in [1.82, 2.24) is 4.90 Å². The Morgan fingerprint density at radius 1 is 1.44 bits per heavy atom. The molecule has 0 N–H and O–H groups in total. The van der Waals surface area contributed by atoms with Crippen molar-refractivity contribution in [3.05, 3.63) is 6.92 Å². The molecule has 0 aromatic rings. The fourth-order valence-corrected chi connectivity index (χ4v) is 1.16. The number of aldehydes is 1. The summed E-state index contributed by atoms with van der Waals surface area (Å²) in [7, 11) is 0. The van der Waals surface area contributed by atoms with E-state index in [0.29, 0.717) is 0 Å². The summed E-state index contributed by atoms with van der Waals surface area (Å²) < 4.78 is 0. The van der Waals surface area contributed by atoms with E-state index in [1.54, 1.807) is 0 Å². The minimum Gasteiger partial charge on any atom is -0.302 e. The van der Waals surface area contributed by atoms with Gasteiger partial charge in [-0.05, 0) is 32.9 Å². The van der Waals surface area contributed by atoms with Gasteiger partial charge in [-0.3, -0.25) is 4.90 Å². The quantitative estimate of drug-likeness (QED) is 0.502. The average molecular weight is 126 g/mol. The van der Waals surface area contributed by atoms with E-state index in [1.807, 2.05) is 0 Å². The predicted molar refractivity (Wildman–Crippen MR) is 36.0 cm³/mol. The fraction of sp³-hybridized carbons (Fsp3) is 0.714. The number of nitrogens with zero attached hydrogens (tertiary/aromatic N) is 1. The van der Waals surface area contributed by atoms with Crippen LogP contribution in [0.1, 0.15) is 12.8 Å². The number of rotatable bonds is 2. The summed E-state index contributed by atoms with van der Waals surface area (Å²) in [6.45, 7) is 5.79. The molecule has 1 atom stereocenters. The van der Waals surface area contributed by atoms with Crippen molar-refractivity contribution in [2.24, 2.45) is 0 Å². The first-order valence-electron chi connectivity index (χ1n) is 3.37. The van der Waals surface area contributed by atoms with Gasteiger partial charge >= 0.3 is 0 Å². The van der Waals surface area contributed by atoms with Gasteiger partial charge in [-0.1, -0.05) is 0 Å². The third-order valence-corrected chi connectivity index (χ3v) is 1.77. The molecule has 1 unspecified atom stereocenters.